The normalized spacial score (nSPS) is 20.1. The lowest BCUT2D eigenvalue weighted by atomic mass is 9.99. The molecule has 1 rings (SSSR count). The van der Waals surface area contributed by atoms with E-state index in [1.165, 1.54) is 193 Å². The summed E-state index contributed by atoms with van der Waals surface area (Å²) in [7, 11) is 0. The summed E-state index contributed by atoms with van der Waals surface area (Å²) in [5.41, 5.74) is 0. The van der Waals surface area contributed by atoms with Crippen LogP contribution in [0.5, 0.6) is 0 Å². The van der Waals surface area contributed by atoms with Gasteiger partial charge in [-0.3, -0.25) is 4.79 Å². The number of aliphatic hydroxyl groups excluding tert-OH is 6. The first-order valence-electron chi connectivity index (χ1n) is 29.3. The molecule has 69 heavy (non-hydrogen) atoms. The quantitative estimate of drug-likeness (QED) is 0.0232. The van der Waals surface area contributed by atoms with E-state index in [0.717, 1.165) is 44.9 Å². The van der Waals surface area contributed by atoms with E-state index < -0.39 is 61.5 Å². The molecule has 406 valence electrons. The fourth-order valence-electron chi connectivity index (χ4n) is 9.31. The summed E-state index contributed by atoms with van der Waals surface area (Å²) in [6, 6.07) is -1.00. The maximum atomic E-state index is 13.1. The van der Waals surface area contributed by atoms with Crippen LogP contribution in [0.3, 0.4) is 0 Å². The SMILES string of the molecule is CCCCCCC/C=C/CC/C=C/CC/C=C/C(O)C(COC1OC(CO)C(O)C(O)C1O)NC(=O)C(O)CCCCCCCCCCCCCCCCCCCCCCCCCCCCCCC. The Morgan fingerprint density at radius 1 is 0.493 bits per heavy atom. The molecule has 0 spiro atoms. The average molecular weight is 979 g/mol. The van der Waals surface area contributed by atoms with Gasteiger partial charge in [-0.05, 0) is 44.9 Å². The molecule has 0 saturated carbocycles. The van der Waals surface area contributed by atoms with Crippen LogP contribution in [0.25, 0.3) is 0 Å². The van der Waals surface area contributed by atoms with Crippen LogP contribution in [0.15, 0.2) is 36.5 Å². The largest absolute Gasteiger partial charge is 0.394 e. The van der Waals surface area contributed by atoms with Gasteiger partial charge in [-0.15, -0.1) is 0 Å². The Kier molecular flexibility index (Phi) is 46.1. The highest BCUT2D eigenvalue weighted by atomic mass is 16.7. The van der Waals surface area contributed by atoms with Crippen molar-refractivity contribution in [3.8, 4) is 0 Å². The highest BCUT2D eigenvalue weighted by Crippen LogP contribution is 2.23. The topological polar surface area (TPSA) is 169 Å². The molecule has 1 fully saturated rings. The molecule has 8 atom stereocenters. The molecule has 1 saturated heterocycles. The van der Waals surface area contributed by atoms with Crippen molar-refractivity contribution in [3.63, 3.8) is 0 Å². The standard InChI is InChI=1S/C59H111NO9/c1-3-5-7-9-11-13-15-17-19-20-21-22-23-24-25-26-27-28-29-30-31-32-34-36-38-40-42-44-46-48-53(63)58(67)60-51(50-68-59-57(66)56(65)55(64)54(49-61)69-59)52(62)47-45-43-41-39-37-35-33-18-16-14-12-10-8-6-4-2/h16,18,37,39,45,47,51-57,59,61-66H,3-15,17,19-36,38,40-44,46,48-50H2,1-2H3,(H,60,67)/b18-16+,39-37+,47-45+. The third-order valence-electron chi connectivity index (χ3n) is 14.1. The number of allylic oxidation sites excluding steroid dienone is 5. The number of aliphatic hydroxyl groups is 6. The molecule has 8 unspecified atom stereocenters. The van der Waals surface area contributed by atoms with Gasteiger partial charge in [-0.25, -0.2) is 0 Å². The summed E-state index contributed by atoms with van der Waals surface area (Å²) in [6.45, 7) is 3.60. The highest BCUT2D eigenvalue weighted by Gasteiger charge is 2.44. The van der Waals surface area contributed by atoms with Crippen molar-refractivity contribution in [1.82, 2.24) is 5.32 Å². The lowest BCUT2D eigenvalue weighted by Gasteiger charge is -2.40. The minimum absolute atomic E-state index is 0.304. The van der Waals surface area contributed by atoms with Crippen molar-refractivity contribution < 1.29 is 44.9 Å². The molecule has 10 heteroatoms. The number of hydrogen-bond donors (Lipinski definition) is 7. The molecule has 0 aromatic carbocycles. The van der Waals surface area contributed by atoms with E-state index in [1.807, 2.05) is 6.08 Å². The third kappa shape index (κ3) is 37.7. The summed E-state index contributed by atoms with van der Waals surface area (Å²) in [5, 5.41) is 64.9. The van der Waals surface area contributed by atoms with Crippen molar-refractivity contribution >= 4 is 5.91 Å². The number of carbonyl (C=O) groups excluding carboxylic acids is 1. The van der Waals surface area contributed by atoms with Crippen molar-refractivity contribution in [2.45, 2.75) is 320 Å². The Balaban J connectivity index is 2.21. The van der Waals surface area contributed by atoms with Crippen molar-refractivity contribution in [2.24, 2.45) is 0 Å². The number of carbonyl (C=O) groups is 1. The molecule has 1 amide bonds. The van der Waals surface area contributed by atoms with Crippen LogP contribution < -0.4 is 5.32 Å². The lowest BCUT2D eigenvalue weighted by Crippen LogP contribution is -2.60. The van der Waals surface area contributed by atoms with E-state index in [4.69, 9.17) is 9.47 Å². The van der Waals surface area contributed by atoms with Gasteiger partial charge in [0.05, 0.1) is 25.4 Å². The molecule has 10 nitrogen and oxygen atoms in total. The zero-order valence-electron chi connectivity index (χ0n) is 44.7. The van der Waals surface area contributed by atoms with Crippen LogP contribution in [0.1, 0.15) is 271 Å². The first-order chi connectivity index (χ1) is 33.8. The molecule has 7 N–H and O–H groups in total. The molecule has 0 aliphatic carbocycles. The number of hydrogen-bond acceptors (Lipinski definition) is 9. The van der Waals surface area contributed by atoms with Gasteiger partial charge in [-0.2, -0.15) is 0 Å². The van der Waals surface area contributed by atoms with E-state index in [-0.39, 0.29) is 6.61 Å². The van der Waals surface area contributed by atoms with Crippen LogP contribution in [0.2, 0.25) is 0 Å². The molecule has 0 radical (unpaired) electrons. The molecule has 0 aromatic heterocycles. The average Bonchev–Trinajstić information content (AvgIpc) is 3.35. The summed E-state index contributed by atoms with van der Waals surface area (Å²) in [4.78, 5) is 13.1. The van der Waals surface area contributed by atoms with Crippen LogP contribution in [-0.4, -0.2) is 98.7 Å². The zero-order chi connectivity index (χ0) is 50.3. The van der Waals surface area contributed by atoms with Gasteiger partial charge >= 0.3 is 0 Å². The Morgan fingerprint density at radius 3 is 1.26 bits per heavy atom. The maximum Gasteiger partial charge on any atom is 0.249 e. The number of nitrogens with one attached hydrogen (secondary N) is 1. The first-order valence-corrected chi connectivity index (χ1v) is 29.3. The molecular weight excluding hydrogens is 867 g/mol. The van der Waals surface area contributed by atoms with Crippen LogP contribution in [0.4, 0.5) is 0 Å². The van der Waals surface area contributed by atoms with Gasteiger partial charge in [-0.1, -0.05) is 262 Å². The predicted octanol–water partition coefficient (Wildman–Crippen LogP) is 13.3. The van der Waals surface area contributed by atoms with E-state index >= 15 is 0 Å². The van der Waals surface area contributed by atoms with Gasteiger partial charge in [0, 0.05) is 0 Å². The lowest BCUT2D eigenvalue weighted by molar-refractivity contribution is -0.302. The third-order valence-corrected chi connectivity index (χ3v) is 14.1. The minimum atomic E-state index is -1.62. The summed E-state index contributed by atoms with van der Waals surface area (Å²) in [5.74, 6) is -0.626. The van der Waals surface area contributed by atoms with E-state index in [1.54, 1.807) is 6.08 Å². The van der Waals surface area contributed by atoms with Gasteiger partial charge in [0.1, 0.15) is 30.5 Å². The Labute approximate surface area is 424 Å². The Bertz CT molecular complexity index is 1200. The van der Waals surface area contributed by atoms with Crippen molar-refractivity contribution in [2.75, 3.05) is 13.2 Å². The number of rotatable bonds is 50. The maximum absolute atomic E-state index is 13.1. The smallest absolute Gasteiger partial charge is 0.249 e. The molecule has 1 aliphatic rings. The second kappa shape index (κ2) is 48.6. The molecule has 0 bridgehead atoms. The van der Waals surface area contributed by atoms with Gasteiger partial charge in [0.2, 0.25) is 5.91 Å². The zero-order valence-corrected chi connectivity index (χ0v) is 44.7. The molecule has 1 heterocycles. The predicted molar refractivity (Wildman–Crippen MR) is 287 cm³/mol. The molecule has 1 aliphatic heterocycles. The van der Waals surface area contributed by atoms with Crippen LogP contribution in [-0.2, 0) is 14.3 Å². The second-order valence-electron chi connectivity index (χ2n) is 20.6. The van der Waals surface area contributed by atoms with Crippen LogP contribution in [0, 0.1) is 0 Å². The highest BCUT2D eigenvalue weighted by molar-refractivity contribution is 5.80. The van der Waals surface area contributed by atoms with E-state index in [0.29, 0.717) is 19.3 Å². The van der Waals surface area contributed by atoms with Gasteiger partial charge in [0.15, 0.2) is 6.29 Å². The van der Waals surface area contributed by atoms with E-state index in [2.05, 4.69) is 43.5 Å². The minimum Gasteiger partial charge on any atom is -0.394 e. The number of amides is 1. The monoisotopic (exact) mass is 978 g/mol. The first kappa shape index (κ1) is 65.4. The fourth-order valence-corrected chi connectivity index (χ4v) is 9.31. The fraction of sp³-hybridized carbons (Fsp3) is 0.881. The van der Waals surface area contributed by atoms with Gasteiger partial charge in [0.25, 0.3) is 0 Å². The summed E-state index contributed by atoms with van der Waals surface area (Å²) in [6.07, 6.45) is 52.6. The number of ether oxygens (including phenoxy) is 2. The number of unbranched alkanes of at least 4 members (excludes halogenated alkanes) is 35. The Morgan fingerprint density at radius 2 is 0.855 bits per heavy atom. The van der Waals surface area contributed by atoms with E-state index in [9.17, 15) is 35.4 Å². The van der Waals surface area contributed by atoms with Crippen LogP contribution >= 0.6 is 0 Å². The Hall–Kier alpha value is -1.63. The van der Waals surface area contributed by atoms with Crippen molar-refractivity contribution in [1.29, 1.82) is 0 Å². The summed E-state index contributed by atoms with van der Waals surface area (Å²) >= 11 is 0. The molecule has 0 aromatic rings. The molecular formula is C59H111NO9. The second-order valence-corrected chi connectivity index (χ2v) is 20.6. The van der Waals surface area contributed by atoms with Crippen molar-refractivity contribution in [3.05, 3.63) is 36.5 Å². The summed E-state index contributed by atoms with van der Waals surface area (Å²) < 4.78 is 11.2. The van der Waals surface area contributed by atoms with Gasteiger partial charge < -0.3 is 45.4 Å².